The first-order valence-electron chi connectivity index (χ1n) is 13.5. The predicted molar refractivity (Wildman–Crippen MR) is 143 cm³/mol. The third-order valence-electron chi connectivity index (χ3n) is 7.65. The lowest BCUT2D eigenvalue weighted by atomic mass is 9.98. The largest absolute Gasteiger partial charge is 0.492 e. The number of ether oxygens (including phenoxy) is 5. The van der Waals surface area contributed by atoms with Gasteiger partial charge >= 0.3 is 5.97 Å². The minimum absolute atomic E-state index is 0.0338. The fraction of sp³-hybridized carbons (Fsp3) is 0.355. The first kappa shape index (κ1) is 26.1. The number of halogens is 1. The number of carbonyl (C=O) groups excluding carboxylic acids is 2. The molecule has 208 valence electrons. The highest BCUT2D eigenvalue weighted by Crippen LogP contribution is 2.44. The van der Waals surface area contributed by atoms with Gasteiger partial charge in [0.05, 0.1) is 33.4 Å². The van der Waals surface area contributed by atoms with Crippen LogP contribution >= 0.6 is 0 Å². The highest BCUT2D eigenvalue weighted by molar-refractivity contribution is 5.94. The summed E-state index contributed by atoms with van der Waals surface area (Å²) in [6, 6.07) is 15.5. The van der Waals surface area contributed by atoms with E-state index in [9.17, 15) is 9.59 Å². The molecule has 1 fully saturated rings. The number of hydrogen-bond donors (Lipinski definition) is 0. The molecule has 3 aliphatic rings. The Morgan fingerprint density at radius 3 is 2.58 bits per heavy atom. The van der Waals surface area contributed by atoms with E-state index in [-0.39, 0.29) is 30.0 Å². The van der Waals surface area contributed by atoms with Crippen LogP contribution in [0.3, 0.4) is 0 Å². The van der Waals surface area contributed by atoms with Gasteiger partial charge in [-0.05, 0) is 55.3 Å². The van der Waals surface area contributed by atoms with E-state index >= 15 is 4.39 Å². The molecule has 0 bridgehead atoms. The minimum Gasteiger partial charge on any atom is -0.492 e. The van der Waals surface area contributed by atoms with E-state index in [0.717, 1.165) is 11.1 Å². The second kappa shape index (κ2) is 11.2. The van der Waals surface area contributed by atoms with Gasteiger partial charge in [0.15, 0.2) is 0 Å². The van der Waals surface area contributed by atoms with Crippen LogP contribution in [0.4, 0.5) is 4.39 Å². The molecule has 0 radical (unpaired) electrons. The van der Waals surface area contributed by atoms with E-state index in [1.165, 1.54) is 13.2 Å². The fourth-order valence-corrected chi connectivity index (χ4v) is 5.54. The number of hydrogen-bond acceptors (Lipinski definition) is 7. The highest BCUT2D eigenvalue weighted by Gasteiger charge is 2.32. The molecule has 2 heterocycles. The Bertz CT molecular complexity index is 1420. The topological polar surface area (TPSA) is 83.5 Å². The van der Waals surface area contributed by atoms with Gasteiger partial charge in [-0.2, -0.15) is 0 Å². The van der Waals surface area contributed by atoms with Crippen LogP contribution in [-0.4, -0.2) is 56.8 Å². The van der Waals surface area contributed by atoms with Gasteiger partial charge in [-0.3, -0.25) is 9.59 Å². The first-order valence-corrected chi connectivity index (χ1v) is 13.5. The van der Waals surface area contributed by atoms with Crippen molar-refractivity contribution in [1.29, 1.82) is 0 Å². The Balaban J connectivity index is 1.15. The molecule has 8 nitrogen and oxygen atoms in total. The molecule has 3 aromatic carbocycles. The van der Waals surface area contributed by atoms with E-state index in [0.29, 0.717) is 79.9 Å². The molecule has 0 aromatic heterocycles. The number of benzene rings is 3. The van der Waals surface area contributed by atoms with Crippen molar-refractivity contribution in [1.82, 2.24) is 4.90 Å². The third kappa shape index (κ3) is 5.21. The van der Waals surface area contributed by atoms with Crippen molar-refractivity contribution in [2.24, 2.45) is 0 Å². The maximum absolute atomic E-state index is 15.1. The number of methoxy groups -OCH3 is 1. The number of amides is 1. The molecule has 0 saturated carbocycles. The molecule has 2 aliphatic heterocycles. The summed E-state index contributed by atoms with van der Waals surface area (Å²) >= 11 is 0. The van der Waals surface area contributed by atoms with E-state index in [1.807, 2.05) is 12.1 Å². The van der Waals surface area contributed by atoms with Crippen LogP contribution < -0.4 is 14.2 Å². The van der Waals surface area contributed by atoms with Crippen molar-refractivity contribution in [2.45, 2.75) is 31.3 Å². The summed E-state index contributed by atoms with van der Waals surface area (Å²) in [5.74, 6) is 1.65. The van der Waals surface area contributed by atoms with E-state index in [2.05, 4.69) is 0 Å². The monoisotopic (exact) mass is 547 g/mol. The average Bonchev–Trinajstić information content (AvgIpc) is 3.59. The molecule has 1 amide bonds. The fourth-order valence-electron chi connectivity index (χ4n) is 5.54. The molecule has 1 aliphatic carbocycles. The van der Waals surface area contributed by atoms with E-state index in [4.69, 9.17) is 23.7 Å². The maximum atomic E-state index is 15.1. The molecule has 1 unspecified atom stereocenters. The quantitative estimate of drug-likeness (QED) is 0.376. The van der Waals surface area contributed by atoms with Crippen LogP contribution in [0, 0.1) is 5.82 Å². The number of nitrogens with zero attached hydrogens (tertiary/aromatic N) is 1. The van der Waals surface area contributed by atoms with Gasteiger partial charge in [-0.1, -0.05) is 6.07 Å². The van der Waals surface area contributed by atoms with Gasteiger partial charge in [0.1, 0.15) is 34.9 Å². The summed E-state index contributed by atoms with van der Waals surface area (Å²) in [5, 5.41) is 0. The minimum atomic E-state index is -0.475. The normalized spacial score (nSPS) is 19.4. The molecule has 6 rings (SSSR count). The third-order valence-corrected chi connectivity index (χ3v) is 7.65. The van der Waals surface area contributed by atoms with Crippen molar-refractivity contribution in [3.63, 3.8) is 0 Å². The number of rotatable bonds is 7. The maximum Gasteiger partial charge on any atom is 0.306 e. The number of carbonyl (C=O) groups is 2. The zero-order valence-electron chi connectivity index (χ0n) is 22.2. The van der Waals surface area contributed by atoms with Gasteiger partial charge in [-0.25, -0.2) is 4.39 Å². The number of morpholine rings is 1. The summed E-state index contributed by atoms with van der Waals surface area (Å²) in [6.07, 6.45) is 0.976. The summed E-state index contributed by atoms with van der Waals surface area (Å²) in [6.45, 7) is 2.65. The average molecular weight is 548 g/mol. The summed E-state index contributed by atoms with van der Waals surface area (Å²) in [5.41, 5.74) is 2.78. The van der Waals surface area contributed by atoms with Crippen LogP contribution in [0.2, 0.25) is 0 Å². The summed E-state index contributed by atoms with van der Waals surface area (Å²) < 4.78 is 43.3. The van der Waals surface area contributed by atoms with Gasteiger partial charge in [-0.15, -0.1) is 0 Å². The van der Waals surface area contributed by atoms with Crippen molar-refractivity contribution in [3.05, 3.63) is 82.7 Å². The van der Waals surface area contributed by atoms with Gasteiger partial charge in [0.2, 0.25) is 0 Å². The van der Waals surface area contributed by atoms with E-state index in [1.54, 1.807) is 41.3 Å². The molecule has 1 saturated heterocycles. The number of esters is 1. The molecule has 0 spiro atoms. The zero-order valence-corrected chi connectivity index (χ0v) is 22.2. The molecular formula is C31H30FNO7. The lowest BCUT2D eigenvalue weighted by molar-refractivity contribution is -0.141. The summed E-state index contributed by atoms with van der Waals surface area (Å²) in [4.78, 5) is 26.2. The molecule has 3 aromatic rings. The van der Waals surface area contributed by atoms with Crippen LogP contribution in [-0.2, 0) is 20.7 Å². The van der Waals surface area contributed by atoms with E-state index < -0.39 is 6.10 Å². The van der Waals surface area contributed by atoms with Crippen molar-refractivity contribution < 1.29 is 37.7 Å². The van der Waals surface area contributed by atoms with Crippen molar-refractivity contribution in [3.8, 4) is 23.0 Å². The molecule has 0 N–H and O–H groups in total. The lowest BCUT2D eigenvalue weighted by Gasteiger charge is -2.26. The second-order valence-electron chi connectivity index (χ2n) is 10.1. The first-order chi connectivity index (χ1) is 19.5. The Hall–Kier alpha value is -4.11. The summed E-state index contributed by atoms with van der Waals surface area (Å²) in [7, 11) is 1.37. The lowest BCUT2D eigenvalue weighted by Crippen LogP contribution is -2.40. The highest BCUT2D eigenvalue weighted by atomic mass is 19.1. The Kier molecular flexibility index (Phi) is 7.30. The van der Waals surface area contributed by atoms with Crippen molar-refractivity contribution in [2.75, 3.05) is 40.0 Å². The zero-order chi connectivity index (χ0) is 27.6. The van der Waals surface area contributed by atoms with Gasteiger partial charge < -0.3 is 28.6 Å². The second-order valence-corrected chi connectivity index (χ2v) is 10.1. The van der Waals surface area contributed by atoms with Crippen LogP contribution in [0.5, 0.6) is 23.0 Å². The van der Waals surface area contributed by atoms with Crippen LogP contribution in [0.25, 0.3) is 0 Å². The Labute approximate surface area is 231 Å². The Morgan fingerprint density at radius 2 is 1.80 bits per heavy atom. The Morgan fingerprint density at radius 1 is 1.02 bits per heavy atom. The standard InChI is InChI=1S/C31H30FNO7/c1-36-29(34)16-20-18-38-28-17-22(6-7-23(20)28)40-27-10-8-24-26(11-9-25(32)30(24)27)39-21-4-2-19(3-5-21)31(35)33-12-14-37-15-13-33/h2-7,9,11,17,20,27H,8,10,12-16,18H2,1H3/t20-,27?/m1/s1. The van der Waals surface area contributed by atoms with Crippen LogP contribution in [0.15, 0.2) is 54.6 Å². The van der Waals surface area contributed by atoms with Crippen LogP contribution in [0.1, 0.15) is 51.9 Å². The van der Waals surface area contributed by atoms with Gasteiger partial charge in [0.25, 0.3) is 5.91 Å². The molecule has 2 atom stereocenters. The predicted octanol–water partition coefficient (Wildman–Crippen LogP) is 5.20. The molecule has 40 heavy (non-hydrogen) atoms. The van der Waals surface area contributed by atoms with Crippen molar-refractivity contribution >= 4 is 11.9 Å². The SMILES string of the molecule is COC(=O)C[C@@H]1COc2cc(OC3CCc4c(Oc5ccc(C(=O)N6CCOCC6)cc5)ccc(F)c43)ccc21. The molecular weight excluding hydrogens is 517 g/mol. The van der Waals surface area contributed by atoms with Gasteiger partial charge in [0, 0.05) is 47.3 Å². The molecule has 9 heteroatoms. The smallest absolute Gasteiger partial charge is 0.306 e. The number of fused-ring (bicyclic) bond motifs is 2.